The van der Waals surface area contributed by atoms with Gasteiger partial charge in [0.2, 0.25) is 5.91 Å². The Bertz CT molecular complexity index is 631. The maximum Gasteiger partial charge on any atom is 0.275 e. The van der Waals surface area contributed by atoms with Gasteiger partial charge in [0.15, 0.2) is 19.0 Å². The summed E-state index contributed by atoms with van der Waals surface area (Å²) < 4.78 is 10.3. The lowest BCUT2D eigenvalue weighted by molar-refractivity contribution is -0.323. The first kappa shape index (κ1) is 31.9. The van der Waals surface area contributed by atoms with Crippen LogP contribution in [0.4, 0.5) is 0 Å². The molecule has 1 aliphatic rings. The van der Waals surface area contributed by atoms with Gasteiger partial charge in [-0.2, -0.15) is 11.8 Å². The van der Waals surface area contributed by atoms with Crippen LogP contribution in [0.5, 0.6) is 0 Å². The van der Waals surface area contributed by atoms with Crippen molar-refractivity contribution in [3.63, 3.8) is 0 Å². The summed E-state index contributed by atoms with van der Waals surface area (Å²) in [6, 6.07) is 0. The molecule has 0 bridgehead atoms. The molecule has 9 atom stereocenters. The molecule has 0 saturated carbocycles. The molecule has 0 aliphatic carbocycles. The molecule has 0 radical (unpaired) electrons. The average molecular weight is 531 g/mol. The Kier molecular flexibility index (Phi) is 15.1. The molecular formula is C20H38N2O12S. The Morgan fingerprint density at radius 3 is 2.40 bits per heavy atom. The summed E-state index contributed by atoms with van der Waals surface area (Å²) in [5, 5.41) is 71.5. The highest BCUT2D eigenvalue weighted by Crippen LogP contribution is 2.24. The molecule has 0 spiro atoms. The van der Waals surface area contributed by atoms with E-state index in [0.29, 0.717) is 17.5 Å². The number of aliphatic hydroxyl groups excluding tert-OH is 7. The number of carbonyl (C=O) groups is 2. The van der Waals surface area contributed by atoms with Gasteiger partial charge in [-0.1, -0.05) is 20.3 Å². The van der Waals surface area contributed by atoms with Crippen LogP contribution in [0, 0.1) is 0 Å². The molecule has 1 aliphatic heterocycles. The SMILES string of the molecule is CCCC(C)SCCNC(=O)CONC(=O)C(O)[C@H](O[C@@H]1OC(CO)[C@@H](O)C(O)C1O)C(O)CO. The van der Waals surface area contributed by atoms with Crippen LogP contribution < -0.4 is 10.8 Å². The zero-order valence-electron chi connectivity index (χ0n) is 19.7. The molecule has 206 valence electrons. The molecule has 1 heterocycles. The van der Waals surface area contributed by atoms with E-state index in [1.165, 1.54) is 0 Å². The molecule has 0 aromatic carbocycles. The van der Waals surface area contributed by atoms with Crippen LogP contribution in [-0.4, -0.2) is 134 Å². The van der Waals surface area contributed by atoms with Crippen LogP contribution in [0.2, 0.25) is 0 Å². The number of ether oxygens (including phenoxy) is 2. The Morgan fingerprint density at radius 2 is 1.80 bits per heavy atom. The quantitative estimate of drug-likeness (QED) is 0.0685. The monoisotopic (exact) mass is 530 g/mol. The van der Waals surface area contributed by atoms with Crippen molar-refractivity contribution < 1.29 is 59.6 Å². The summed E-state index contributed by atoms with van der Waals surface area (Å²) in [6.07, 6.45) is -12.3. The molecule has 0 aromatic heterocycles. The van der Waals surface area contributed by atoms with Crippen molar-refractivity contribution in [3.05, 3.63) is 0 Å². The number of hydrogen-bond acceptors (Lipinski definition) is 13. The largest absolute Gasteiger partial charge is 0.394 e. The normalized spacial score (nSPS) is 28.1. The van der Waals surface area contributed by atoms with Gasteiger partial charge in [0.05, 0.1) is 13.2 Å². The van der Waals surface area contributed by atoms with E-state index in [-0.39, 0.29) is 0 Å². The van der Waals surface area contributed by atoms with Crippen LogP contribution in [0.3, 0.4) is 0 Å². The van der Waals surface area contributed by atoms with E-state index in [0.717, 1.165) is 12.8 Å². The predicted molar refractivity (Wildman–Crippen MR) is 122 cm³/mol. The Hall–Kier alpha value is -1.11. The van der Waals surface area contributed by atoms with Crippen LogP contribution in [0.15, 0.2) is 0 Å². The van der Waals surface area contributed by atoms with Gasteiger partial charge in [0.25, 0.3) is 5.91 Å². The van der Waals surface area contributed by atoms with Crippen LogP contribution in [0.25, 0.3) is 0 Å². The third kappa shape index (κ3) is 10.4. The van der Waals surface area contributed by atoms with Gasteiger partial charge in [0, 0.05) is 17.5 Å². The maximum atomic E-state index is 12.2. The zero-order chi connectivity index (χ0) is 26.5. The Labute approximate surface area is 207 Å². The van der Waals surface area contributed by atoms with Crippen molar-refractivity contribution in [2.75, 3.05) is 32.1 Å². The van der Waals surface area contributed by atoms with Gasteiger partial charge in [-0.25, -0.2) is 5.48 Å². The average Bonchev–Trinajstić information content (AvgIpc) is 2.84. The van der Waals surface area contributed by atoms with E-state index in [1.807, 2.05) is 5.48 Å². The number of hydroxylamine groups is 1. The summed E-state index contributed by atoms with van der Waals surface area (Å²) >= 11 is 1.71. The van der Waals surface area contributed by atoms with Gasteiger partial charge in [-0.3, -0.25) is 14.4 Å². The fourth-order valence-electron chi connectivity index (χ4n) is 3.19. The van der Waals surface area contributed by atoms with Crippen LogP contribution >= 0.6 is 11.8 Å². The molecule has 14 nitrogen and oxygen atoms in total. The molecule has 15 heteroatoms. The standard InChI is InChI=1S/C20H38N2O12S/c1-3-4-10(2)35-6-5-21-13(26)9-32-22-19(31)17(30)18(11(25)7-23)34-20-16(29)15(28)14(27)12(8-24)33-20/h10-12,14-18,20,23-25,27-30H,3-9H2,1-2H3,(H,21,26)(H,22,31)/t10?,11?,12?,14-,15?,16?,17?,18-,20+/m1/s1. The number of amides is 2. The lowest BCUT2D eigenvalue weighted by Gasteiger charge is -2.41. The third-order valence-electron chi connectivity index (χ3n) is 5.18. The lowest BCUT2D eigenvalue weighted by atomic mass is 9.99. The van der Waals surface area contributed by atoms with Crippen molar-refractivity contribution in [3.8, 4) is 0 Å². The Morgan fingerprint density at radius 1 is 1.11 bits per heavy atom. The second-order valence-corrected chi connectivity index (χ2v) is 9.61. The van der Waals surface area contributed by atoms with E-state index >= 15 is 0 Å². The van der Waals surface area contributed by atoms with Crippen molar-refractivity contribution in [1.29, 1.82) is 0 Å². The molecule has 35 heavy (non-hydrogen) atoms. The molecule has 1 saturated heterocycles. The van der Waals surface area contributed by atoms with Crippen molar-refractivity contribution >= 4 is 23.6 Å². The van der Waals surface area contributed by atoms with E-state index in [4.69, 9.17) is 14.3 Å². The van der Waals surface area contributed by atoms with E-state index < -0.39 is 80.7 Å². The summed E-state index contributed by atoms with van der Waals surface area (Å²) in [4.78, 5) is 28.8. The highest BCUT2D eigenvalue weighted by molar-refractivity contribution is 7.99. The second kappa shape index (κ2) is 16.6. The first-order valence-corrected chi connectivity index (χ1v) is 12.3. The summed E-state index contributed by atoms with van der Waals surface area (Å²) in [7, 11) is 0. The number of carbonyl (C=O) groups excluding carboxylic acids is 2. The minimum Gasteiger partial charge on any atom is -0.394 e. The van der Waals surface area contributed by atoms with Gasteiger partial charge >= 0.3 is 0 Å². The number of nitrogens with one attached hydrogen (secondary N) is 2. The molecule has 0 aromatic rings. The molecule has 9 N–H and O–H groups in total. The molecule has 6 unspecified atom stereocenters. The lowest BCUT2D eigenvalue weighted by Crippen LogP contribution is -2.61. The van der Waals surface area contributed by atoms with Gasteiger partial charge in [0.1, 0.15) is 36.6 Å². The minimum absolute atomic E-state index is 0.398. The summed E-state index contributed by atoms with van der Waals surface area (Å²) in [5.74, 6) is -1.06. The van der Waals surface area contributed by atoms with Crippen molar-refractivity contribution in [1.82, 2.24) is 10.8 Å². The van der Waals surface area contributed by atoms with Crippen LogP contribution in [0.1, 0.15) is 26.7 Å². The van der Waals surface area contributed by atoms with E-state index in [2.05, 4.69) is 19.2 Å². The maximum absolute atomic E-state index is 12.2. The smallest absolute Gasteiger partial charge is 0.275 e. The van der Waals surface area contributed by atoms with Crippen molar-refractivity contribution in [2.24, 2.45) is 0 Å². The van der Waals surface area contributed by atoms with Gasteiger partial charge in [-0.05, 0) is 6.42 Å². The summed E-state index contributed by atoms with van der Waals surface area (Å²) in [6.45, 7) is 2.30. The van der Waals surface area contributed by atoms with Gasteiger partial charge in [-0.15, -0.1) is 0 Å². The first-order valence-electron chi connectivity index (χ1n) is 11.3. The fourth-order valence-corrected chi connectivity index (χ4v) is 4.21. The molecule has 1 fully saturated rings. The molecule has 1 rings (SSSR count). The van der Waals surface area contributed by atoms with Crippen molar-refractivity contribution in [2.45, 2.75) is 81.0 Å². The Balaban J connectivity index is 2.55. The minimum atomic E-state index is -2.18. The van der Waals surface area contributed by atoms with E-state index in [1.54, 1.807) is 11.8 Å². The highest BCUT2D eigenvalue weighted by Gasteiger charge is 2.46. The number of hydrogen-bond donors (Lipinski definition) is 9. The molecule has 2 amide bonds. The van der Waals surface area contributed by atoms with E-state index in [9.17, 15) is 45.3 Å². The predicted octanol–water partition coefficient (Wildman–Crippen LogP) is -4.03. The molecular weight excluding hydrogens is 492 g/mol. The fraction of sp³-hybridized carbons (Fsp3) is 0.900. The third-order valence-corrected chi connectivity index (χ3v) is 6.43. The zero-order valence-corrected chi connectivity index (χ0v) is 20.5. The van der Waals surface area contributed by atoms with Crippen LogP contribution in [-0.2, 0) is 23.9 Å². The highest BCUT2D eigenvalue weighted by atomic mass is 32.2. The topological polar surface area (TPSA) is 227 Å². The summed E-state index contributed by atoms with van der Waals surface area (Å²) in [5.41, 5.74) is 1.82. The number of rotatable bonds is 16. The number of aliphatic hydroxyl groups is 7. The first-order chi connectivity index (χ1) is 16.6. The number of thioether (sulfide) groups is 1. The second-order valence-electron chi connectivity index (χ2n) is 8.07. The van der Waals surface area contributed by atoms with Gasteiger partial charge < -0.3 is 50.5 Å².